The zero-order valence-electron chi connectivity index (χ0n) is 12.6. The minimum Gasteiger partial charge on any atom is -0.338 e. The second-order valence-electron chi connectivity index (χ2n) is 5.59. The number of nitrogens with two attached hydrogens (primary N) is 2. The van der Waals surface area contributed by atoms with E-state index in [4.69, 9.17) is 10.9 Å². The van der Waals surface area contributed by atoms with Crippen LogP contribution in [0.4, 0.5) is 0 Å². The Bertz CT molecular complexity index is 643. The standard InChI is InChI=1S/C13H21N3O3S2.ClH/c1-8(14)10-4-3-5-16(7-10)13(17)11-6-12(9(2)20-11)21(15,18)19;/h6,8,10H,3-5,7,14H2,1-2H3,(H2,15,18,19);1H. The fourth-order valence-electron chi connectivity index (χ4n) is 2.63. The Morgan fingerprint density at radius 2 is 2.14 bits per heavy atom. The van der Waals surface area contributed by atoms with Gasteiger partial charge in [-0.2, -0.15) is 0 Å². The van der Waals surface area contributed by atoms with Crippen molar-refractivity contribution in [3.05, 3.63) is 15.8 Å². The fraction of sp³-hybridized carbons (Fsp3) is 0.615. The van der Waals surface area contributed by atoms with E-state index in [0.29, 0.717) is 28.8 Å². The van der Waals surface area contributed by atoms with Gasteiger partial charge in [0.1, 0.15) is 0 Å². The van der Waals surface area contributed by atoms with Crippen LogP contribution in [0.15, 0.2) is 11.0 Å². The Morgan fingerprint density at radius 3 is 2.64 bits per heavy atom. The smallest absolute Gasteiger partial charge is 0.263 e. The van der Waals surface area contributed by atoms with Gasteiger partial charge >= 0.3 is 0 Å². The summed E-state index contributed by atoms with van der Waals surface area (Å²) >= 11 is 1.17. The van der Waals surface area contributed by atoms with Gasteiger partial charge in [0.15, 0.2) is 0 Å². The molecule has 126 valence electrons. The molecule has 1 aromatic rings. The highest BCUT2D eigenvalue weighted by Gasteiger charge is 2.28. The first-order chi connectivity index (χ1) is 9.70. The molecule has 0 aliphatic carbocycles. The summed E-state index contributed by atoms with van der Waals surface area (Å²) in [5, 5.41) is 5.15. The van der Waals surface area contributed by atoms with Crippen LogP contribution in [0.5, 0.6) is 0 Å². The van der Waals surface area contributed by atoms with Crippen LogP contribution >= 0.6 is 23.7 Å². The number of primary sulfonamides is 1. The third-order valence-electron chi connectivity index (χ3n) is 3.88. The fourth-order valence-corrected chi connectivity index (χ4v) is 4.75. The van der Waals surface area contributed by atoms with Crippen molar-refractivity contribution in [3.8, 4) is 0 Å². The van der Waals surface area contributed by atoms with Crippen molar-refractivity contribution in [2.75, 3.05) is 13.1 Å². The van der Waals surface area contributed by atoms with Crippen molar-refractivity contribution in [1.82, 2.24) is 4.90 Å². The second kappa shape index (κ2) is 7.27. The third-order valence-corrected chi connectivity index (χ3v) is 6.08. The summed E-state index contributed by atoms with van der Waals surface area (Å²) in [7, 11) is -3.78. The number of rotatable bonds is 3. The van der Waals surface area contributed by atoms with Crippen LogP contribution in [-0.4, -0.2) is 38.4 Å². The van der Waals surface area contributed by atoms with Crippen molar-refractivity contribution >= 4 is 39.7 Å². The monoisotopic (exact) mass is 367 g/mol. The van der Waals surface area contributed by atoms with Gasteiger partial charge in [0.05, 0.1) is 9.77 Å². The average Bonchev–Trinajstić information content (AvgIpc) is 2.80. The molecule has 1 saturated heterocycles. The van der Waals surface area contributed by atoms with Crippen LogP contribution < -0.4 is 10.9 Å². The molecule has 1 amide bonds. The van der Waals surface area contributed by atoms with Gasteiger partial charge in [-0.05, 0) is 38.7 Å². The maximum absolute atomic E-state index is 12.5. The van der Waals surface area contributed by atoms with E-state index < -0.39 is 10.0 Å². The molecule has 0 aromatic carbocycles. The zero-order valence-corrected chi connectivity index (χ0v) is 15.1. The lowest BCUT2D eigenvalue weighted by atomic mass is 9.92. The number of sulfonamides is 1. The van der Waals surface area contributed by atoms with E-state index in [2.05, 4.69) is 0 Å². The predicted octanol–water partition coefficient (Wildman–Crippen LogP) is 1.33. The topological polar surface area (TPSA) is 106 Å². The molecule has 2 rings (SSSR count). The molecular weight excluding hydrogens is 346 g/mol. The Hall–Kier alpha value is -0.670. The SMILES string of the molecule is Cc1sc(C(=O)N2CCCC(C(C)N)C2)cc1S(N)(=O)=O.Cl. The van der Waals surface area contributed by atoms with E-state index >= 15 is 0 Å². The molecule has 0 radical (unpaired) electrons. The molecular formula is C13H22ClN3O3S2. The number of thiophene rings is 1. The number of carbonyl (C=O) groups excluding carboxylic acids is 1. The van der Waals surface area contributed by atoms with Crippen molar-refractivity contribution in [1.29, 1.82) is 0 Å². The van der Waals surface area contributed by atoms with Crippen molar-refractivity contribution < 1.29 is 13.2 Å². The summed E-state index contributed by atoms with van der Waals surface area (Å²) in [6.07, 6.45) is 1.94. The first-order valence-electron chi connectivity index (χ1n) is 6.88. The molecule has 2 unspecified atom stereocenters. The van der Waals surface area contributed by atoms with E-state index in [-0.39, 0.29) is 29.3 Å². The minimum atomic E-state index is -3.78. The summed E-state index contributed by atoms with van der Waals surface area (Å²) in [5.74, 6) is 0.157. The molecule has 1 aromatic heterocycles. The van der Waals surface area contributed by atoms with Gasteiger partial charge in [0.2, 0.25) is 10.0 Å². The Labute approximate surface area is 141 Å². The van der Waals surface area contributed by atoms with Crippen LogP contribution in [0, 0.1) is 12.8 Å². The largest absolute Gasteiger partial charge is 0.338 e. The quantitative estimate of drug-likeness (QED) is 0.840. The van der Waals surface area contributed by atoms with Crippen LogP contribution in [-0.2, 0) is 10.0 Å². The number of halogens is 1. The van der Waals surface area contributed by atoms with E-state index in [1.807, 2.05) is 6.92 Å². The Kier molecular flexibility index (Phi) is 6.40. The molecule has 1 aliphatic rings. The molecule has 2 atom stereocenters. The zero-order chi connectivity index (χ0) is 15.8. The number of carbonyl (C=O) groups is 1. The number of likely N-dealkylation sites (tertiary alicyclic amines) is 1. The Morgan fingerprint density at radius 1 is 1.50 bits per heavy atom. The predicted molar refractivity (Wildman–Crippen MR) is 90.0 cm³/mol. The summed E-state index contributed by atoms with van der Waals surface area (Å²) in [6.45, 7) is 4.91. The molecule has 4 N–H and O–H groups in total. The van der Waals surface area contributed by atoms with Gasteiger partial charge in [-0.15, -0.1) is 23.7 Å². The first kappa shape index (κ1) is 19.4. The van der Waals surface area contributed by atoms with Gasteiger partial charge in [0, 0.05) is 24.0 Å². The third kappa shape index (κ3) is 4.20. The average molecular weight is 368 g/mol. The van der Waals surface area contributed by atoms with Crippen molar-refractivity contribution in [2.45, 2.75) is 37.6 Å². The lowest BCUT2D eigenvalue weighted by Crippen LogP contribution is -2.44. The Balaban J connectivity index is 0.00000242. The summed E-state index contributed by atoms with van der Waals surface area (Å²) in [4.78, 5) is 15.3. The van der Waals surface area contributed by atoms with Crippen LogP contribution in [0.25, 0.3) is 0 Å². The van der Waals surface area contributed by atoms with Crippen LogP contribution in [0.3, 0.4) is 0 Å². The van der Waals surface area contributed by atoms with E-state index in [9.17, 15) is 13.2 Å². The van der Waals surface area contributed by atoms with E-state index in [1.165, 1.54) is 17.4 Å². The van der Waals surface area contributed by atoms with Crippen molar-refractivity contribution in [3.63, 3.8) is 0 Å². The summed E-state index contributed by atoms with van der Waals surface area (Å²) < 4.78 is 22.9. The summed E-state index contributed by atoms with van der Waals surface area (Å²) in [6, 6.07) is 1.43. The van der Waals surface area contributed by atoms with Crippen LogP contribution in [0.1, 0.15) is 34.3 Å². The molecule has 1 aliphatic heterocycles. The molecule has 1 fully saturated rings. The van der Waals surface area contributed by atoms with Gasteiger partial charge < -0.3 is 10.6 Å². The second-order valence-corrected chi connectivity index (χ2v) is 8.37. The van der Waals surface area contributed by atoms with Crippen LogP contribution in [0.2, 0.25) is 0 Å². The number of hydrogen-bond donors (Lipinski definition) is 2. The number of amides is 1. The molecule has 6 nitrogen and oxygen atoms in total. The lowest BCUT2D eigenvalue weighted by molar-refractivity contribution is 0.0665. The number of nitrogens with zero attached hydrogens (tertiary/aromatic N) is 1. The molecule has 22 heavy (non-hydrogen) atoms. The highest BCUT2D eigenvalue weighted by Crippen LogP contribution is 2.28. The van der Waals surface area contributed by atoms with Gasteiger partial charge in [-0.3, -0.25) is 4.79 Å². The van der Waals surface area contributed by atoms with Gasteiger partial charge in [-0.25, -0.2) is 13.6 Å². The minimum absolute atomic E-state index is 0. The highest BCUT2D eigenvalue weighted by molar-refractivity contribution is 7.89. The molecule has 0 saturated carbocycles. The normalized spacial score (nSPS) is 20.4. The molecule has 9 heteroatoms. The number of aryl methyl sites for hydroxylation is 1. The van der Waals surface area contributed by atoms with Gasteiger partial charge in [-0.1, -0.05) is 0 Å². The maximum Gasteiger partial charge on any atom is 0.263 e. The van der Waals surface area contributed by atoms with Crippen molar-refractivity contribution in [2.24, 2.45) is 16.8 Å². The number of piperidine rings is 1. The first-order valence-corrected chi connectivity index (χ1v) is 9.24. The van der Waals surface area contributed by atoms with E-state index in [1.54, 1.807) is 11.8 Å². The molecule has 0 bridgehead atoms. The maximum atomic E-state index is 12.5. The number of hydrogen-bond acceptors (Lipinski definition) is 5. The molecule has 2 heterocycles. The van der Waals surface area contributed by atoms with Gasteiger partial charge in [0.25, 0.3) is 5.91 Å². The van der Waals surface area contributed by atoms with E-state index in [0.717, 1.165) is 12.8 Å². The summed E-state index contributed by atoms with van der Waals surface area (Å²) in [5.41, 5.74) is 5.92. The molecule has 0 spiro atoms. The highest BCUT2D eigenvalue weighted by atomic mass is 35.5. The lowest BCUT2D eigenvalue weighted by Gasteiger charge is -2.34.